The molecule has 0 bridgehead atoms. The second-order valence-electron chi connectivity index (χ2n) is 6.42. The standard InChI is InChI=1S/C17H23N3O4/c21-15(5-8-18-16(22)14-2-1-11-24-14)19-13-6-9-20(10-7-13)17(23)12-3-4-12/h1-2,11-13H,3-10H2,(H,18,22)(H,19,21). The number of rotatable bonds is 6. The van der Waals surface area contributed by atoms with Gasteiger partial charge in [0, 0.05) is 38.0 Å². The van der Waals surface area contributed by atoms with Gasteiger partial charge < -0.3 is 20.0 Å². The van der Waals surface area contributed by atoms with E-state index < -0.39 is 0 Å². The molecule has 2 aliphatic rings. The van der Waals surface area contributed by atoms with Crippen LogP contribution >= 0.6 is 0 Å². The van der Waals surface area contributed by atoms with Crippen LogP contribution in [0, 0.1) is 5.92 Å². The normalized spacial score (nSPS) is 18.2. The van der Waals surface area contributed by atoms with Gasteiger partial charge in [0.25, 0.3) is 5.91 Å². The van der Waals surface area contributed by atoms with E-state index in [-0.39, 0.29) is 48.4 Å². The summed E-state index contributed by atoms with van der Waals surface area (Å²) in [5.74, 6) is 0.374. The summed E-state index contributed by atoms with van der Waals surface area (Å²) in [4.78, 5) is 37.5. The Morgan fingerprint density at radius 3 is 2.54 bits per heavy atom. The number of piperidine rings is 1. The van der Waals surface area contributed by atoms with Crippen LogP contribution in [-0.4, -0.2) is 48.3 Å². The monoisotopic (exact) mass is 333 g/mol. The minimum atomic E-state index is -0.320. The van der Waals surface area contributed by atoms with Crippen molar-refractivity contribution in [3.8, 4) is 0 Å². The summed E-state index contributed by atoms with van der Waals surface area (Å²) < 4.78 is 4.98. The molecule has 1 aliphatic carbocycles. The van der Waals surface area contributed by atoms with Gasteiger partial charge in [-0.05, 0) is 37.8 Å². The first kappa shape index (κ1) is 16.5. The SMILES string of the molecule is O=C(CCNC(=O)c1ccco1)NC1CCN(C(=O)C2CC2)CC1. The predicted molar refractivity (Wildman–Crippen MR) is 86.1 cm³/mol. The van der Waals surface area contributed by atoms with Crippen LogP contribution in [0.15, 0.2) is 22.8 Å². The molecule has 1 aromatic rings. The number of carbonyl (C=O) groups excluding carboxylic acids is 3. The minimum Gasteiger partial charge on any atom is -0.459 e. The topological polar surface area (TPSA) is 91.7 Å². The highest BCUT2D eigenvalue weighted by Crippen LogP contribution is 2.31. The molecule has 2 N–H and O–H groups in total. The van der Waals surface area contributed by atoms with E-state index in [1.54, 1.807) is 12.1 Å². The fraction of sp³-hybridized carbons (Fsp3) is 0.588. The molecule has 1 aliphatic heterocycles. The molecule has 2 heterocycles. The van der Waals surface area contributed by atoms with E-state index >= 15 is 0 Å². The van der Waals surface area contributed by atoms with Crippen LogP contribution in [-0.2, 0) is 9.59 Å². The smallest absolute Gasteiger partial charge is 0.286 e. The Hall–Kier alpha value is -2.31. The maximum Gasteiger partial charge on any atom is 0.286 e. The maximum absolute atomic E-state index is 12.0. The predicted octanol–water partition coefficient (Wildman–Crippen LogP) is 0.917. The number of nitrogens with zero attached hydrogens (tertiary/aromatic N) is 1. The van der Waals surface area contributed by atoms with Gasteiger partial charge in [-0.1, -0.05) is 0 Å². The van der Waals surface area contributed by atoms with E-state index in [2.05, 4.69) is 10.6 Å². The van der Waals surface area contributed by atoms with Gasteiger partial charge in [-0.25, -0.2) is 0 Å². The van der Waals surface area contributed by atoms with Crippen LogP contribution in [0.3, 0.4) is 0 Å². The van der Waals surface area contributed by atoms with E-state index in [0.717, 1.165) is 38.8 Å². The summed E-state index contributed by atoms with van der Waals surface area (Å²) in [6.07, 6.45) is 5.31. The molecule has 1 saturated carbocycles. The van der Waals surface area contributed by atoms with Crippen molar-refractivity contribution in [2.24, 2.45) is 5.92 Å². The van der Waals surface area contributed by atoms with Crippen molar-refractivity contribution in [1.82, 2.24) is 15.5 Å². The lowest BCUT2D eigenvalue weighted by molar-refractivity contribution is -0.133. The first-order chi connectivity index (χ1) is 11.6. The van der Waals surface area contributed by atoms with Gasteiger partial charge in [-0.15, -0.1) is 0 Å². The van der Waals surface area contributed by atoms with Crippen LogP contribution in [0.4, 0.5) is 0 Å². The Labute approximate surface area is 140 Å². The Kier molecular flexibility index (Phi) is 5.17. The van der Waals surface area contributed by atoms with Gasteiger partial charge in [0.05, 0.1) is 6.26 Å². The first-order valence-electron chi connectivity index (χ1n) is 8.53. The number of likely N-dealkylation sites (tertiary alicyclic amines) is 1. The zero-order chi connectivity index (χ0) is 16.9. The average molecular weight is 333 g/mol. The van der Waals surface area contributed by atoms with E-state index in [9.17, 15) is 14.4 Å². The third-order valence-corrected chi connectivity index (χ3v) is 4.48. The number of hydrogen-bond acceptors (Lipinski definition) is 4. The molecule has 24 heavy (non-hydrogen) atoms. The van der Waals surface area contributed by atoms with E-state index in [1.807, 2.05) is 4.90 Å². The molecule has 1 aromatic heterocycles. The van der Waals surface area contributed by atoms with Crippen molar-refractivity contribution in [3.05, 3.63) is 24.2 Å². The minimum absolute atomic E-state index is 0.0817. The molecule has 7 nitrogen and oxygen atoms in total. The molecule has 0 atom stereocenters. The average Bonchev–Trinajstić information content (AvgIpc) is 3.28. The van der Waals surface area contributed by atoms with Crippen molar-refractivity contribution in [2.75, 3.05) is 19.6 Å². The van der Waals surface area contributed by atoms with Gasteiger partial charge in [0.2, 0.25) is 11.8 Å². The fourth-order valence-corrected chi connectivity index (χ4v) is 2.92. The van der Waals surface area contributed by atoms with E-state index in [0.29, 0.717) is 0 Å². The van der Waals surface area contributed by atoms with Gasteiger partial charge in [-0.3, -0.25) is 14.4 Å². The molecule has 130 valence electrons. The van der Waals surface area contributed by atoms with Crippen LogP contribution in [0.5, 0.6) is 0 Å². The summed E-state index contributed by atoms with van der Waals surface area (Å²) in [5.41, 5.74) is 0. The zero-order valence-corrected chi connectivity index (χ0v) is 13.6. The van der Waals surface area contributed by atoms with Crippen LogP contribution in [0.1, 0.15) is 42.7 Å². The second kappa shape index (κ2) is 7.51. The second-order valence-corrected chi connectivity index (χ2v) is 6.42. The molecule has 0 spiro atoms. The summed E-state index contributed by atoms with van der Waals surface area (Å²) in [6.45, 7) is 1.70. The third kappa shape index (κ3) is 4.37. The first-order valence-corrected chi connectivity index (χ1v) is 8.53. The molecule has 3 amide bonds. The molecule has 1 saturated heterocycles. The molecule has 0 aromatic carbocycles. The molecular formula is C17H23N3O4. The molecule has 0 radical (unpaired) electrons. The number of nitrogens with one attached hydrogen (secondary N) is 2. The highest BCUT2D eigenvalue weighted by atomic mass is 16.3. The van der Waals surface area contributed by atoms with Crippen LogP contribution in [0.25, 0.3) is 0 Å². The summed E-state index contributed by atoms with van der Waals surface area (Å²) in [5, 5.41) is 5.63. The lowest BCUT2D eigenvalue weighted by Gasteiger charge is -2.32. The molecular weight excluding hydrogens is 310 g/mol. The highest BCUT2D eigenvalue weighted by molar-refractivity contribution is 5.91. The number of amides is 3. The zero-order valence-electron chi connectivity index (χ0n) is 13.6. The van der Waals surface area contributed by atoms with Gasteiger partial charge >= 0.3 is 0 Å². The Bertz CT molecular complexity index is 587. The Morgan fingerprint density at radius 2 is 1.92 bits per heavy atom. The lowest BCUT2D eigenvalue weighted by atomic mass is 10.0. The Morgan fingerprint density at radius 1 is 1.17 bits per heavy atom. The molecule has 2 fully saturated rings. The summed E-state index contributed by atoms with van der Waals surface area (Å²) in [6, 6.07) is 3.33. The fourth-order valence-electron chi connectivity index (χ4n) is 2.92. The van der Waals surface area contributed by atoms with Gasteiger partial charge in [0.15, 0.2) is 5.76 Å². The molecule has 7 heteroatoms. The number of hydrogen-bond donors (Lipinski definition) is 2. The Balaban J connectivity index is 1.31. The molecule has 3 rings (SSSR count). The van der Waals surface area contributed by atoms with E-state index in [4.69, 9.17) is 4.42 Å². The van der Waals surface area contributed by atoms with Crippen molar-refractivity contribution >= 4 is 17.7 Å². The van der Waals surface area contributed by atoms with Crippen molar-refractivity contribution in [2.45, 2.75) is 38.1 Å². The van der Waals surface area contributed by atoms with Crippen LogP contribution < -0.4 is 10.6 Å². The largest absolute Gasteiger partial charge is 0.459 e. The quantitative estimate of drug-likeness (QED) is 0.810. The molecule has 0 unspecified atom stereocenters. The van der Waals surface area contributed by atoms with Crippen molar-refractivity contribution in [3.63, 3.8) is 0 Å². The van der Waals surface area contributed by atoms with E-state index in [1.165, 1.54) is 6.26 Å². The summed E-state index contributed by atoms with van der Waals surface area (Å²) in [7, 11) is 0. The van der Waals surface area contributed by atoms with Crippen molar-refractivity contribution in [1.29, 1.82) is 0 Å². The van der Waals surface area contributed by atoms with Crippen molar-refractivity contribution < 1.29 is 18.8 Å². The summed E-state index contributed by atoms with van der Waals surface area (Å²) >= 11 is 0. The number of carbonyl (C=O) groups is 3. The van der Waals surface area contributed by atoms with Crippen LogP contribution in [0.2, 0.25) is 0 Å². The highest BCUT2D eigenvalue weighted by Gasteiger charge is 2.35. The van der Waals surface area contributed by atoms with Gasteiger partial charge in [0.1, 0.15) is 0 Å². The van der Waals surface area contributed by atoms with Gasteiger partial charge in [-0.2, -0.15) is 0 Å². The third-order valence-electron chi connectivity index (χ3n) is 4.48. The maximum atomic E-state index is 12.0. The number of furan rings is 1. The lowest BCUT2D eigenvalue weighted by Crippen LogP contribution is -2.47.